The third-order valence-corrected chi connectivity index (χ3v) is 4.95. The van der Waals surface area contributed by atoms with E-state index in [-0.39, 0.29) is 5.92 Å². The number of rotatable bonds is 5. The molecule has 0 fully saturated rings. The highest BCUT2D eigenvalue weighted by Gasteiger charge is 2.28. The second-order valence-corrected chi connectivity index (χ2v) is 6.58. The van der Waals surface area contributed by atoms with Gasteiger partial charge in [-0.3, -0.25) is 4.90 Å². The van der Waals surface area contributed by atoms with E-state index in [1.54, 1.807) is 0 Å². The summed E-state index contributed by atoms with van der Waals surface area (Å²) in [5, 5.41) is 11.0. The molecule has 2 nitrogen and oxygen atoms in total. The molecule has 2 atom stereocenters. The highest BCUT2D eigenvalue weighted by Crippen LogP contribution is 2.37. The van der Waals surface area contributed by atoms with Crippen molar-refractivity contribution in [3.8, 4) is 0 Å². The average Bonchev–Trinajstić information content (AvgIpc) is 2.79. The van der Waals surface area contributed by atoms with Crippen LogP contribution in [-0.2, 0) is 6.54 Å². The predicted molar refractivity (Wildman–Crippen MR) is 95.4 cm³/mol. The topological polar surface area (TPSA) is 23.5 Å². The van der Waals surface area contributed by atoms with Crippen LogP contribution in [0.2, 0.25) is 0 Å². The van der Waals surface area contributed by atoms with Gasteiger partial charge >= 0.3 is 0 Å². The molecule has 1 aliphatic rings. The minimum absolute atomic E-state index is 0.181. The Morgan fingerprint density at radius 2 is 1.83 bits per heavy atom. The lowest BCUT2D eigenvalue weighted by Gasteiger charge is -2.24. The molecule has 0 unspecified atom stereocenters. The molecule has 1 N–H and O–H groups in total. The molecular weight excluding hydrogens is 282 g/mol. The van der Waals surface area contributed by atoms with E-state index in [2.05, 4.69) is 36.1 Å². The van der Waals surface area contributed by atoms with E-state index in [1.807, 2.05) is 30.3 Å². The van der Waals surface area contributed by atoms with Gasteiger partial charge in [-0.25, -0.2) is 0 Å². The normalized spacial score (nSPS) is 19.8. The number of fused-ring (bicyclic) bond motifs is 1. The molecule has 1 heterocycles. The van der Waals surface area contributed by atoms with Gasteiger partial charge in [-0.1, -0.05) is 67.9 Å². The number of aliphatic hydroxyl groups excluding tert-OH is 1. The Morgan fingerprint density at radius 3 is 2.61 bits per heavy atom. The lowest BCUT2D eigenvalue weighted by Crippen LogP contribution is -2.24. The molecule has 1 aliphatic heterocycles. The number of unbranched alkanes of at least 4 members (excludes halogenated alkanes) is 1. The summed E-state index contributed by atoms with van der Waals surface area (Å²) in [6.07, 6.45) is 3.06. The van der Waals surface area contributed by atoms with Gasteiger partial charge in [-0.05, 0) is 42.6 Å². The molecule has 2 heteroatoms. The Morgan fingerprint density at radius 1 is 1.09 bits per heavy atom. The molecule has 0 saturated heterocycles. The van der Waals surface area contributed by atoms with Crippen molar-refractivity contribution in [1.82, 2.24) is 4.90 Å². The maximum Gasteiger partial charge on any atom is 0.0859 e. The third-order valence-electron chi connectivity index (χ3n) is 4.95. The Bertz CT molecular complexity index is 610. The molecule has 23 heavy (non-hydrogen) atoms. The smallest absolute Gasteiger partial charge is 0.0859 e. The van der Waals surface area contributed by atoms with Crippen LogP contribution in [0.1, 0.15) is 54.9 Å². The maximum atomic E-state index is 11.0. The highest BCUT2D eigenvalue weighted by molar-refractivity contribution is 5.34. The summed E-state index contributed by atoms with van der Waals surface area (Å²) in [6, 6.07) is 18.7. The van der Waals surface area contributed by atoms with Gasteiger partial charge in [0.25, 0.3) is 0 Å². The van der Waals surface area contributed by atoms with E-state index in [0.717, 1.165) is 31.6 Å². The van der Waals surface area contributed by atoms with Crippen LogP contribution in [0.3, 0.4) is 0 Å². The molecule has 2 aromatic rings. The Hall–Kier alpha value is -1.64. The third kappa shape index (κ3) is 3.82. The first kappa shape index (κ1) is 16.2. The number of aliphatic hydroxyl groups is 1. The first-order valence-corrected chi connectivity index (χ1v) is 8.82. The first-order valence-electron chi connectivity index (χ1n) is 8.82. The van der Waals surface area contributed by atoms with Crippen molar-refractivity contribution in [3.63, 3.8) is 0 Å². The molecule has 2 aromatic carbocycles. The fourth-order valence-electron chi connectivity index (χ4n) is 3.62. The van der Waals surface area contributed by atoms with Crippen molar-refractivity contribution >= 4 is 0 Å². The van der Waals surface area contributed by atoms with Crippen LogP contribution >= 0.6 is 0 Å². The average molecular weight is 309 g/mol. The van der Waals surface area contributed by atoms with Gasteiger partial charge < -0.3 is 5.11 Å². The fraction of sp³-hybridized carbons (Fsp3) is 0.429. The van der Waals surface area contributed by atoms with Crippen LogP contribution in [0, 0.1) is 0 Å². The van der Waals surface area contributed by atoms with Gasteiger partial charge in [0.1, 0.15) is 0 Å². The van der Waals surface area contributed by atoms with Crippen molar-refractivity contribution in [2.24, 2.45) is 0 Å². The zero-order chi connectivity index (χ0) is 16.1. The SMILES string of the molecule is CCCCN1CC[C@H]([C@@H](O)c2ccccc2)c2ccccc2C1. The minimum Gasteiger partial charge on any atom is -0.388 e. The van der Waals surface area contributed by atoms with E-state index in [9.17, 15) is 5.11 Å². The van der Waals surface area contributed by atoms with Crippen LogP contribution in [0.4, 0.5) is 0 Å². The van der Waals surface area contributed by atoms with Crippen molar-refractivity contribution in [2.75, 3.05) is 13.1 Å². The molecule has 0 aliphatic carbocycles. The van der Waals surface area contributed by atoms with Gasteiger partial charge in [-0.2, -0.15) is 0 Å². The van der Waals surface area contributed by atoms with Crippen molar-refractivity contribution in [1.29, 1.82) is 0 Å². The van der Waals surface area contributed by atoms with Gasteiger partial charge in [0.05, 0.1) is 6.10 Å². The Balaban J connectivity index is 1.86. The molecule has 0 amide bonds. The highest BCUT2D eigenvalue weighted by atomic mass is 16.3. The second-order valence-electron chi connectivity index (χ2n) is 6.58. The summed E-state index contributed by atoms with van der Waals surface area (Å²) < 4.78 is 0. The molecule has 122 valence electrons. The molecule has 0 spiro atoms. The molecule has 3 rings (SSSR count). The quantitative estimate of drug-likeness (QED) is 0.878. The summed E-state index contributed by atoms with van der Waals surface area (Å²) in [5.41, 5.74) is 3.72. The van der Waals surface area contributed by atoms with Gasteiger partial charge in [-0.15, -0.1) is 0 Å². The van der Waals surface area contributed by atoms with E-state index in [0.29, 0.717) is 0 Å². The zero-order valence-electron chi connectivity index (χ0n) is 14.0. The van der Waals surface area contributed by atoms with Crippen molar-refractivity contribution in [2.45, 2.75) is 44.8 Å². The summed E-state index contributed by atoms with van der Waals surface area (Å²) in [4.78, 5) is 2.54. The van der Waals surface area contributed by atoms with Gasteiger partial charge in [0.2, 0.25) is 0 Å². The van der Waals surface area contributed by atoms with Crippen LogP contribution < -0.4 is 0 Å². The molecule has 0 radical (unpaired) electrons. The number of hydrogen-bond donors (Lipinski definition) is 1. The lowest BCUT2D eigenvalue weighted by atomic mass is 9.85. The van der Waals surface area contributed by atoms with Crippen LogP contribution in [0.15, 0.2) is 54.6 Å². The Labute approximate surface area is 139 Å². The largest absolute Gasteiger partial charge is 0.388 e. The first-order chi connectivity index (χ1) is 11.3. The van der Waals surface area contributed by atoms with Crippen LogP contribution in [0.5, 0.6) is 0 Å². The number of nitrogens with zero attached hydrogens (tertiary/aromatic N) is 1. The Kier molecular flexibility index (Phi) is 5.47. The van der Waals surface area contributed by atoms with Gasteiger partial charge in [0.15, 0.2) is 0 Å². The standard InChI is InChI=1S/C21H27NO/c1-2-3-14-22-15-13-20(19-12-8-7-11-18(19)16-22)21(23)17-9-5-4-6-10-17/h4-12,20-21,23H,2-3,13-16H2,1H3/t20-,21-/m0/s1. The van der Waals surface area contributed by atoms with E-state index in [4.69, 9.17) is 0 Å². The zero-order valence-corrected chi connectivity index (χ0v) is 14.0. The molecular formula is C21H27NO. The van der Waals surface area contributed by atoms with Crippen molar-refractivity contribution < 1.29 is 5.11 Å². The van der Waals surface area contributed by atoms with Crippen molar-refractivity contribution in [3.05, 3.63) is 71.3 Å². The summed E-state index contributed by atoms with van der Waals surface area (Å²) in [6.45, 7) is 5.46. The fourth-order valence-corrected chi connectivity index (χ4v) is 3.62. The van der Waals surface area contributed by atoms with Gasteiger partial charge in [0, 0.05) is 12.5 Å². The monoisotopic (exact) mass is 309 g/mol. The predicted octanol–water partition coefficient (Wildman–Crippen LogP) is 4.51. The second kappa shape index (κ2) is 7.76. The minimum atomic E-state index is -0.427. The summed E-state index contributed by atoms with van der Waals surface area (Å²) >= 11 is 0. The van der Waals surface area contributed by atoms with E-state index < -0.39 is 6.10 Å². The molecule has 0 saturated carbocycles. The molecule has 0 aromatic heterocycles. The maximum absolute atomic E-state index is 11.0. The van der Waals surface area contributed by atoms with Crippen LogP contribution in [-0.4, -0.2) is 23.1 Å². The summed E-state index contributed by atoms with van der Waals surface area (Å²) in [5.74, 6) is 0.181. The van der Waals surface area contributed by atoms with E-state index >= 15 is 0 Å². The van der Waals surface area contributed by atoms with E-state index in [1.165, 1.54) is 24.0 Å². The van der Waals surface area contributed by atoms with Crippen LogP contribution in [0.25, 0.3) is 0 Å². The molecule has 0 bridgehead atoms. The lowest BCUT2D eigenvalue weighted by molar-refractivity contribution is 0.135. The number of benzene rings is 2. The summed E-state index contributed by atoms with van der Waals surface area (Å²) in [7, 11) is 0. The number of hydrogen-bond acceptors (Lipinski definition) is 2.